The molecule has 0 aromatic heterocycles. The van der Waals surface area contributed by atoms with Crippen LogP contribution in [-0.4, -0.2) is 47.4 Å². The molecule has 0 bridgehead atoms. The Hall–Kier alpha value is -2.37. The van der Waals surface area contributed by atoms with Gasteiger partial charge < -0.3 is 15.3 Å². The summed E-state index contributed by atoms with van der Waals surface area (Å²) in [5.41, 5.74) is 0.717. The Bertz CT molecular complexity index is 630. The molecule has 2 N–H and O–H groups in total. The summed E-state index contributed by atoms with van der Waals surface area (Å²) in [6.45, 7) is 3.86. The van der Waals surface area contributed by atoms with Crippen LogP contribution in [0.1, 0.15) is 48.5 Å². The van der Waals surface area contributed by atoms with E-state index in [0.717, 1.165) is 19.3 Å². The van der Waals surface area contributed by atoms with Crippen LogP contribution in [0.3, 0.4) is 0 Å². The number of piperidine rings is 1. The zero-order valence-electron chi connectivity index (χ0n) is 14.7. The van der Waals surface area contributed by atoms with Crippen LogP contribution in [-0.2, 0) is 16.0 Å². The largest absolute Gasteiger partial charge is 0.478 e. The van der Waals surface area contributed by atoms with Gasteiger partial charge in [0.15, 0.2) is 0 Å². The first kappa shape index (κ1) is 19.0. The van der Waals surface area contributed by atoms with Gasteiger partial charge >= 0.3 is 5.97 Å². The fraction of sp³-hybridized carbons (Fsp3) is 0.526. The lowest BCUT2D eigenvalue weighted by Gasteiger charge is -2.33. The zero-order chi connectivity index (χ0) is 18.2. The normalized spacial score (nSPS) is 17.2. The maximum Gasteiger partial charge on any atom is 0.335 e. The summed E-state index contributed by atoms with van der Waals surface area (Å²) in [4.78, 5) is 37.2. The first-order chi connectivity index (χ1) is 12.0. The lowest BCUT2D eigenvalue weighted by Crippen LogP contribution is -2.44. The Balaban J connectivity index is 1.91. The second-order valence-corrected chi connectivity index (χ2v) is 6.54. The quantitative estimate of drug-likeness (QED) is 0.791. The number of carboxylic acids is 1. The number of likely N-dealkylation sites (tertiary alicyclic amines) is 1. The number of carboxylic acid groups (broad SMARTS) is 1. The van der Waals surface area contributed by atoms with E-state index >= 15 is 0 Å². The number of benzene rings is 1. The number of amides is 2. The van der Waals surface area contributed by atoms with Gasteiger partial charge in [-0.1, -0.05) is 25.1 Å². The first-order valence-corrected chi connectivity index (χ1v) is 8.87. The summed E-state index contributed by atoms with van der Waals surface area (Å²) in [6.07, 6.45) is 3.34. The fourth-order valence-electron chi connectivity index (χ4n) is 3.19. The van der Waals surface area contributed by atoms with Crippen molar-refractivity contribution in [3.8, 4) is 0 Å². The van der Waals surface area contributed by atoms with E-state index in [1.165, 1.54) is 6.07 Å². The van der Waals surface area contributed by atoms with E-state index in [1.54, 1.807) is 23.1 Å². The second-order valence-electron chi connectivity index (χ2n) is 6.54. The monoisotopic (exact) mass is 346 g/mol. The molecule has 25 heavy (non-hydrogen) atoms. The predicted molar refractivity (Wildman–Crippen MR) is 94.3 cm³/mol. The van der Waals surface area contributed by atoms with Crippen molar-refractivity contribution in [2.45, 2.75) is 39.0 Å². The third kappa shape index (κ3) is 5.59. The summed E-state index contributed by atoms with van der Waals surface area (Å²) < 4.78 is 0. The molecule has 1 saturated heterocycles. The van der Waals surface area contributed by atoms with Gasteiger partial charge in [0.25, 0.3) is 0 Å². The van der Waals surface area contributed by atoms with Crippen molar-refractivity contribution < 1.29 is 19.5 Å². The Morgan fingerprint density at radius 3 is 2.76 bits per heavy atom. The Morgan fingerprint density at radius 2 is 2.04 bits per heavy atom. The van der Waals surface area contributed by atoms with Crippen LogP contribution in [0.2, 0.25) is 0 Å². The number of carbonyl (C=O) groups excluding carboxylic acids is 2. The van der Waals surface area contributed by atoms with Crippen LogP contribution in [0.15, 0.2) is 24.3 Å². The minimum absolute atomic E-state index is 0.0568. The first-order valence-electron chi connectivity index (χ1n) is 8.87. The standard InChI is InChI=1S/C19H26N2O4/c1-2-6-17(22)20-12-14-7-5-10-21(13-14)18(23)11-15-8-3-4-9-16(15)19(24)25/h3-4,8-9,14H,2,5-7,10-13H2,1H3,(H,20,22)(H,24,25). The minimum Gasteiger partial charge on any atom is -0.478 e. The van der Waals surface area contributed by atoms with E-state index in [1.807, 2.05) is 6.92 Å². The molecule has 1 aliphatic rings. The Kier molecular flexibility index (Phi) is 6.98. The summed E-state index contributed by atoms with van der Waals surface area (Å²) >= 11 is 0. The van der Waals surface area contributed by atoms with Crippen molar-refractivity contribution in [2.75, 3.05) is 19.6 Å². The number of rotatable bonds is 7. The van der Waals surface area contributed by atoms with Gasteiger partial charge in [0.05, 0.1) is 12.0 Å². The highest BCUT2D eigenvalue weighted by Crippen LogP contribution is 2.18. The molecule has 136 valence electrons. The lowest BCUT2D eigenvalue weighted by molar-refractivity contribution is -0.132. The third-order valence-electron chi connectivity index (χ3n) is 4.53. The van der Waals surface area contributed by atoms with Gasteiger partial charge in [-0.15, -0.1) is 0 Å². The molecule has 0 aliphatic carbocycles. The van der Waals surface area contributed by atoms with Crippen molar-refractivity contribution >= 4 is 17.8 Å². The third-order valence-corrected chi connectivity index (χ3v) is 4.53. The number of nitrogens with one attached hydrogen (secondary N) is 1. The molecule has 2 rings (SSSR count). The highest BCUT2D eigenvalue weighted by Gasteiger charge is 2.25. The summed E-state index contributed by atoms with van der Waals surface area (Å²) in [7, 11) is 0. The minimum atomic E-state index is -1.02. The summed E-state index contributed by atoms with van der Waals surface area (Å²) in [5, 5.41) is 12.2. The van der Waals surface area contributed by atoms with Crippen LogP contribution in [0.4, 0.5) is 0 Å². The van der Waals surface area contributed by atoms with E-state index in [0.29, 0.717) is 31.6 Å². The average molecular weight is 346 g/mol. The smallest absolute Gasteiger partial charge is 0.335 e. The van der Waals surface area contributed by atoms with Crippen LogP contribution in [0.5, 0.6) is 0 Å². The van der Waals surface area contributed by atoms with Gasteiger partial charge in [0.1, 0.15) is 0 Å². The van der Waals surface area contributed by atoms with Crippen molar-refractivity contribution in [1.82, 2.24) is 10.2 Å². The zero-order valence-corrected chi connectivity index (χ0v) is 14.7. The number of nitrogens with zero attached hydrogens (tertiary/aromatic N) is 1. The van der Waals surface area contributed by atoms with Crippen molar-refractivity contribution in [1.29, 1.82) is 0 Å². The topological polar surface area (TPSA) is 86.7 Å². The SMILES string of the molecule is CCCC(=O)NCC1CCCN(C(=O)Cc2ccccc2C(=O)O)C1. The van der Waals surface area contributed by atoms with Crippen molar-refractivity contribution in [3.63, 3.8) is 0 Å². The summed E-state index contributed by atoms with van der Waals surface area (Å²) in [6, 6.07) is 6.62. The molecule has 1 atom stereocenters. The molecular weight excluding hydrogens is 320 g/mol. The number of aromatic carboxylic acids is 1. The van der Waals surface area contributed by atoms with E-state index in [9.17, 15) is 19.5 Å². The molecule has 0 saturated carbocycles. The highest BCUT2D eigenvalue weighted by atomic mass is 16.4. The molecule has 1 heterocycles. The van der Waals surface area contributed by atoms with Gasteiger partial charge in [-0.2, -0.15) is 0 Å². The van der Waals surface area contributed by atoms with E-state index < -0.39 is 5.97 Å². The summed E-state index contributed by atoms with van der Waals surface area (Å²) in [5.74, 6) is -0.758. The molecule has 1 aliphatic heterocycles. The molecule has 6 heteroatoms. The van der Waals surface area contributed by atoms with Crippen molar-refractivity contribution in [3.05, 3.63) is 35.4 Å². The molecule has 0 spiro atoms. The highest BCUT2D eigenvalue weighted by molar-refractivity contribution is 5.91. The molecule has 0 radical (unpaired) electrons. The van der Waals surface area contributed by atoms with E-state index in [4.69, 9.17) is 0 Å². The van der Waals surface area contributed by atoms with E-state index in [2.05, 4.69) is 5.32 Å². The van der Waals surface area contributed by atoms with Gasteiger partial charge in [0, 0.05) is 26.1 Å². The predicted octanol–water partition coefficient (Wildman–Crippen LogP) is 2.08. The average Bonchev–Trinajstić information content (AvgIpc) is 2.61. The Labute approximate surface area is 148 Å². The molecule has 1 aromatic rings. The van der Waals surface area contributed by atoms with Crippen molar-refractivity contribution in [2.24, 2.45) is 5.92 Å². The van der Waals surface area contributed by atoms with Crippen LogP contribution >= 0.6 is 0 Å². The molecule has 1 aromatic carbocycles. The maximum atomic E-state index is 12.6. The fourth-order valence-corrected chi connectivity index (χ4v) is 3.19. The second kappa shape index (κ2) is 9.20. The van der Waals surface area contributed by atoms with Crippen LogP contribution in [0.25, 0.3) is 0 Å². The lowest BCUT2D eigenvalue weighted by atomic mass is 9.96. The molecule has 1 unspecified atom stereocenters. The van der Waals surface area contributed by atoms with Crippen LogP contribution < -0.4 is 5.32 Å². The maximum absolute atomic E-state index is 12.6. The van der Waals surface area contributed by atoms with Gasteiger partial charge in [0.2, 0.25) is 11.8 Å². The molecule has 6 nitrogen and oxygen atoms in total. The van der Waals surface area contributed by atoms with Gasteiger partial charge in [-0.05, 0) is 36.8 Å². The van der Waals surface area contributed by atoms with E-state index in [-0.39, 0.29) is 29.7 Å². The van der Waals surface area contributed by atoms with Crippen LogP contribution in [0, 0.1) is 5.92 Å². The number of hydrogen-bond donors (Lipinski definition) is 2. The molecule has 2 amide bonds. The number of hydrogen-bond acceptors (Lipinski definition) is 3. The molecule has 1 fully saturated rings. The van der Waals surface area contributed by atoms with Gasteiger partial charge in [-0.3, -0.25) is 9.59 Å². The Morgan fingerprint density at radius 1 is 1.28 bits per heavy atom. The number of carbonyl (C=O) groups is 3. The van der Waals surface area contributed by atoms with Gasteiger partial charge in [-0.25, -0.2) is 4.79 Å². The molecular formula is C19H26N2O4.